The van der Waals surface area contributed by atoms with Gasteiger partial charge in [-0.3, -0.25) is 10.1 Å². The van der Waals surface area contributed by atoms with Crippen molar-refractivity contribution in [1.82, 2.24) is 4.98 Å². The Morgan fingerprint density at radius 3 is 2.90 bits per heavy atom. The van der Waals surface area contributed by atoms with Crippen LogP contribution >= 0.6 is 22.9 Å². The summed E-state index contributed by atoms with van der Waals surface area (Å²) < 4.78 is 5.78. The number of nitriles is 1. The molecule has 0 bridgehead atoms. The Morgan fingerprint density at radius 2 is 2.13 bits per heavy atom. The largest absolute Gasteiger partial charge is 0.493 e. The van der Waals surface area contributed by atoms with Crippen molar-refractivity contribution >= 4 is 40.1 Å². The molecule has 2 aromatic carbocycles. The van der Waals surface area contributed by atoms with E-state index in [1.807, 2.05) is 54.6 Å². The molecule has 31 heavy (non-hydrogen) atoms. The zero-order valence-electron chi connectivity index (χ0n) is 17.1. The van der Waals surface area contributed by atoms with Gasteiger partial charge in [-0.25, -0.2) is 4.98 Å². The van der Waals surface area contributed by atoms with E-state index in [2.05, 4.69) is 17.2 Å². The molecule has 1 aromatic heterocycles. The number of hydrogen-bond acceptors (Lipinski definition) is 5. The first kappa shape index (κ1) is 22.5. The number of anilines is 1. The van der Waals surface area contributed by atoms with Gasteiger partial charge in [-0.15, -0.1) is 11.3 Å². The number of carbonyl (C=O) groups is 1. The zero-order chi connectivity index (χ0) is 22.1. The van der Waals surface area contributed by atoms with Crippen molar-refractivity contribution < 1.29 is 9.53 Å². The summed E-state index contributed by atoms with van der Waals surface area (Å²) in [6.45, 7) is 2.68. The Labute approximate surface area is 191 Å². The molecule has 0 aliphatic carbocycles. The van der Waals surface area contributed by atoms with Crippen LogP contribution in [0.2, 0.25) is 5.02 Å². The Balaban J connectivity index is 1.69. The normalized spacial score (nSPS) is 11.1. The molecule has 1 amide bonds. The number of ether oxygens (including phenoxy) is 1. The molecule has 7 heteroatoms. The van der Waals surface area contributed by atoms with Crippen molar-refractivity contribution in [1.29, 1.82) is 5.26 Å². The smallest absolute Gasteiger partial charge is 0.268 e. The highest BCUT2D eigenvalue weighted by Crippen LogP contribution is 2.24. The van der Waals surface area contributed by atoms with E-state index in [0.717, 1.165) is 23.3 Å². The Morgan fingerprint density at radius 1 is 1.29 bits per heavy atom. The molecule has 0 spiro atoms. The molecule has 0 aliphatic rings. The summed E-state index contributed by atoms with van der Waals surface area (Å²) in [6, 6.07) is 16.9. The average molecular weight is 452 g/mol. The number of nitrogens with one attached hydrogen (secondary N) is 1. The lowest BCUT2D eigenvalue weighted by molar-refractivity contribution is -0.112. The van der Waals surface area contributed by atoms with Crippen LogP contribution < -0.4 is 10.1 Å². The van der Waals surface area contributed by atoms with E-state index >= 15 is 0 Å². The molecule has 0 saturated heterocycles. The van der Waals surface area contributed by atoms with E-state index in [1.54, 1.807) is 6.20 Å². The molecule has 3 aromatic rings. The molecule has 5 nitrogen and oxygen atoms in total. The van der Waals surface area contributed by atoms with Gasteiger partial charge in [-0.05, 0) is 36.3 Å². The van der Waals surface area contributed by atoms with Gasteiger partial charge in [0.25, 0.3) is 5.91 Å². The lowest BCUT2D eigenvalue weighted by atomic mass is 10.1. The van der Waals surface area contributed by atoms with Crippen molar-refractivity contribution in [2.75, 3.05) is 11.9 Å². The number of thiazole rings is 1. The number of unbranched alkanes of at least 4 members (excludes halogenated alkanes) is 1. The van der Waals surface area contributed by atoms with Crippen LogP contribution in [0.5, 0.6) is 5.75 Å². The van der Waals surface area contributed by atoms with Crippen molar-refractivity contribution in [2.45, 2.75) is 26.2 Å². The minimum Gasteiger partial charge on any atom is -0.493 e. The Hall–Kier alpha value is -3.14. The van der Waals surface area contributed by atoms with Crippen LogP contribution in [0, 0.1) is 11.3 Å². The number of para-hydroxylation sites is 1. The van der Waals surface area contributed by atoms with E-state index in [1.165, 1.54) is 17.4 Å². The van der Waals surface area contributed by atoms with Gasteiger partial charge in [0, 0.05) is 28.1 Å². The molecule has 0 fully saturated rings. The SMILES string of the molecule is CCCCOc1ccccc1/C=C(\C#N)C(=O)Nc1ncc(Cc2cccc(Cl)c2)s1. The van der Waals surface area contributed by atoms with Crippen molar-refractivity contribution in [2.24, 2.45) is 0 Å². The molecule has 3 rings (SSSR count). The van der Waals surface area contributed by atoms with E-state index in [0.29, 0.717) is 34.5 Å². The maximum Gasteiger partial charge on any atom is 0.268 e. The fourth-order valence-corrected chi connectivity index (χ4v) is 3.88. The van der Waals surface area contributed by atoms with Gasteiger partial charge in [0.15, 0.2) is 5.13 Å². The maximum atomic E-state index is 12.6. The quantitative estimate of drug-likeness (QED) is 0.242. The maximum absolute atomic E-state index is 12.6. The highest BCUT2D eigenvalue weighted by molar-refractivity contribution is 7.15. The Bertz CT molecular complexity index is 1120. The monoisotopic (exact) mass is 451 g/mol. The van der Waals surface area contributed by atoms with Gasteiger partial charge in [-0.1, -0.05) is 55.3 Å². The van der Waals surface area contributed by atoms with Crippen LogP contribution in [0.25, 0.3) is 6.08 Å². The van der Waals surface area contributed by atoms with Crippen LogP contribution in [-0.2, 0) is 11.2 Å². The lowest BCUT2D eigenvalue weighted by Crippen LogP contribution is -2.13. The van der Waals surface area contributed by atoms with Gasteiger partial charge >= 0.3 is 0 Å². The van der Waals surface area contributed by atoms with E-state index in [9.17, 15) is 10.1 Å². The summed E-state index contributed by atoms with van der Waals surface area (Å²) in [5.41, 5.74) is 1.73. The zero-order valence-corrected chi connectivity index (χ0v) is 18.7. The molecule has 1 N–H and O–H groups in total. The first-order chi connectivity index (χ1) is 15.1. The second kappa shape index (κ2) is 11.3. The number of halogens is 1. The summed E-state index contributed by atoms with van der Waals surface area (Å²) in [5.74, 6) is 0.143. The average Bonchev–Trinajstić information content (AvgIpc) is 3.19. The highest BCUT2D eigenvalue weighted by atomic mass is 35.5. The third kappa shape index (κ3) is 6.68. The van der Waals surface area contributed by atoms with Crippen molar-refractivity contribution in [3.63, 3.8) is 0 Å². The van der Waals surface area contributed by atoms with E-state index in [-0.39, 0.29) is 5.57 Å². The molecular weight excluding hydrogens is 430 g/mol. The van der Waals surface area contributed by atoms with Crippen molar-refractivity contribution in [3.05, 3.63) is 81.3 Å². The van der Waals surface area contributed by atoms with E-state index in [4.69, 9.17) is 16.3 Å². The predicted molar refractivity (Wildman–Crippen MR) is 125 cm³/mol. The number of benzene rings is 2. The van der Waals surface area contributed by atoms with Gasteiger partial charge in [0.2, 0.25) is 0 Å². The van der Waals surface area contributed by atoms with E-state index < -0.39 is 5.91 Å². The van der Waals surface area contributed by atoms with Crippen molar-refractivity contribution in [3.8, 4) is 11.8 Å². The fourth-order valence-electron chi connectivity index (χ4n) is 2.82. The molecular formula is C24H22ClN3O2S. The molecule has 0 radical (unpaired) electrons. The standard InChI is InChI=1S/C24H22ClN3O2S/c1-2-3-11-30-22-10-5-4-8-18(22)14-19(15-26)23(29)28-24-27-16-21(31-24)13-17-7-6-9-20(25)12-17/h4-10,12,14,16H,2-3,11,13H2,1H3,(H,27,28,29)/b19-14+. The third-order valence-corrected chi connectivity index (χ3v) is 5.53. The number of nitrogens with zero attached hydrogens (tertiary/aromatic N) is 2. The van der Waals surface area contributed by atoms with Crippen LogP contribution in [0.15, 0.2) is 60.3 Å². The molecule has 158 valence electrons. The fraction of sp³-hybridized carbons (Fsp3) is 0.208. The minimum atomic E-state index is -0.505. The minimum absolute atomic E-state index is 0.0156. The third-order valence-electron chi connectivity index (χ3n) is 4.38. The highest BCUT2D eigenvalue weighted by Gasteiger charge is 2.13. The lowest BCUT2D eigenvalue weighted by Gasteiger charge is -2.09. The van der Waals surface area contributed by atoms with Crippen LogP contribution in [0.1, 0.15) is 35.8 Å². The number of amides is 1. The van der Waals surface area contributed by atoms with Gasteiger partial charge in [0.05, 0.1) is 6.61 Å². The predicted octanol–water partition coefficient (Wildman–Crippen LogP) is 6.11. The molecule has 0 aliphatic heterocycles. The van der Waals surface area contributed by atoms with Gasteiger partial charge < -0.3 is 4.74 Å². The topological polar surface area (TPSA) is 75.0 Å². The summed E-state index contributed by atoms with van der Waals surface area (Å²) in [5, 5.41) is 13.4. The summed E-state index contributed by atoms with van der Waals surface area (Å²) >= 11 is 7.40. The molecule has 0 saturated carbocycles. The van der Waals surface area contributed by atoms with Crippen LogP contribution in [0.4, 0.5) is 5.13 Å². The number of hydrogen-bond donors (Lipinski definition) is 1. The summed E-state index contributed by atoms with van der Waals surface area (Å²) in [7, 11) is 0. The number of rotatable bonds is 9. The van der Waals surface area contributed by atoms with Gasteiger partial charge in [-0.2, -0.15) is 5.26 Å². The second-order valence-electron chi connectivity index (χ2n) is 6.80. The summed E-state index contributed by atoms with van der Waals surface area (Å²) in [4.78, 5) is 17.9. The van der Waals surface area contributed by atoms with Crippen LogP contribution in [0.3, 0.4) is 0 Å². The Kier molecular flexibility index (Phi) is 8.22. The molecule has 1 heterocycles. The molecule has 0 atom stereocenters. The van der Waals surface area contributed by atoms with Crippen LogP contribution in [-0.4, -0.2) is 17.5 Å². The molecule has 0 unspecified atom stereocenters. The summed E-state index contributed by atoms with van der Waals surface area (Å²) in [6.07, 6.45) is 5.88. The number of aromatic nitrogens is 1. The first-order valence-electron chi connectivity index (χ1n) is 9.93. The number of carbonyl (C=O) groups excluding carboxylic acids is 1. The second-order valence-corrected chi connectivity index (χ2v) is 8.35. The van der Waals surface area contributed by atoms with Gasteiger partial charge in [0.1, 0.15) is 17.4 Å². The first-order valence-corrected chi connectivity index (χ1v) is 11.1.